The fourth-order valence-electron chi connectivity index (χ4n) is 8.32. The van der Waals surface area contributed by atoms with Gasteiger partial charge in [0.1, 0.15) is 13.2 Å². The van der Waals surface area contributed by atoms with Crippen LogP contribution in [-0.4, -0.2) is 37.2 Å². The molecule has 0 saturated carbocycles. The first-order valence-corrected chi connectivity index (χ1v) is 30.1. The Kier molecular flexibility index (Phi) is 56.3. The van der Waals surface area contributed by atoms with Gasteiger partial charge in [0.2, 0.25) is 0 Å². The van der Waals surface area contributed by atoms with Crippen LogP contribution in [0.2, 0.25) is 0 Å². The van der Waals surface area contributed by atoms with E-state index in [4.69, 9.17) is 14.2 Å². The molecular weight excluding hydrogens is 877 g/mol. The number of allylic oxidation sites excluding steroid dienone is 14. The van der Waals surface area contributed by atoms with Gasteiger partial charge in [0.05, 0.1) is 0 Å². The smallest absolute Gasteiger partial charge is 0.306 e. The Morgan fingerprint density at radius 2 is 0.507 bits per heavy atom. The highest BCUT2D eigenvalue weighted by Crippen LogP contribution is 2.16. The Hall–Kier alpha value is -3.41. The molecule has 0 aromatic heterocycles. The summed E-state index contributed by atoms with van der Waals surface area (Å²) < 4.78 is 16.8. The van der Waals surface area contributed by atoms with E-state index in [0.29, 0.717) is 19.3 Å². The number of hydrogen-bond donors (Lipinski definition) is 0. The predicted molar refractivity (Wildman–Crippen MR) is 307 cm³/mol. The van der Waals surface area contributed by atoms with Crippen LogP contribution >= 0.6 is 0 Å². The highest BCUT2D eigenvalue weighted by Gasteiger charge is 2.19. The maximum Gasteiger partial charge on any atom is 0.306 e. The third-order valence-electron chi connectivity index (χ3n) is 12.9. The summed E-state index contributed by atoms with van der Waals surface area (Å²) in [5, 5.41) is 0. The molecule has 1 atom stereocenters. The average molecular weight is 990 g/mol. The lowest BCUT2D eigenvalue weighted by Crippen LogP contribution is -2.30. The molecule has 0 heterocycles. The molecule has 0 bridgehead atoms. The van der Waals surface area contributed by atoms with Gasteiger partial charge >= 0.3 is 17.9 Å². The highest BCUT2D eigenvalue weighted by atomic mass is 16.6. The maximum atomic E-state index is 12.9. The van der Waals surface area contributed by atoms with Crippen LogP contribution < -0.4 is 0 Å². The molecule has 0 aliphatic heterocycles. The third kappa shape index (κ3) is 57.4. The van der Waals surface area contributed by atoms with Crippen molar-refractivity contribution in [1.82, 2.24) is 0 Å². The van der Waals surface area contributed by atoms with Gasteiger partial charge in [-0.15, -0.1) is 0 Å². The first-order chi connectivity index (χ1) is 35.0. The van der Waals surface area contributed by atoms with E-state index in [1.165, 1.54) is 154 Å². The molecule has 0 unspecified atom stereocenters. The van der Waals surface area contributed by atoms with Crippen LogP contribution in [0.4, 0.5) is 0 Å². The zero-order valence-electron chi connectivity index (χ0n) is 46.7. The van der Waals surface area contributed by atoms with Gasteiger partial charge < -0.3 is 14.2 Å². The van der Waals surface area contributed by atoms with Crippen molar-refractivity contribution in [3.8, 4) is 0 Å². The number of unbranched alkanes of at least 4 members (excludes halogenated alkanes) is 29. The normalized spacial score (nSPS) is 12.7. The van der Waals surface area contributed by atoms with Crippen molar-refractivity contribution in [2.75, 3.05) is 13.2 Å². The largest absolute Gasteiger partial charge is 0.462 e. The molecular formula is C65H112O6. The number of rotatable bonds is 54. The topological polar surface area (TPSA) is 78.9 Å². The quantitative estimate of drug-likeness (QED) is 0.0261. The lowest BCUT2D eigenvalue weighted by molar-refractivity contribution is -0.167. The molecule has 0 fully saturated rings. The summed E-state index contributed by atoms with van der Waals surface area (Å²) in [6, 6.07) is 0. The minimum Gasteiger partial charge on any atom is -0.462 e. The summed E-state index contributed by atoms with van der Waals surface area (Å²) in [6.45, 7) is 6.55. The maximum absolute atomic E-state index is 12.9. The molecule has 0 aliphatic carbocycles. The summed E-state index contributed by atoms with van der Waals surface area (Å²) >= 11 is 0. The van der Waals surface area contributed by atoms with Gasteiger partial charge in [0.25, 0.3) is 0 Å². The lowest BCUT2D eigenvalue weighted by atomic mass is 10.0. The summed E-state index contributed by atoms with van der Waals surface area (Å²) in [4.78, 5) is 38.2. The van der Waals surface area contributed by atoms with Crippen LogP contribution in [0.5, 0.6) is 0 Å². The Balaban J connectivity index is 4.46. The molecule has 408 valence electrons. The molecule has 0 aromatic carbocycles. The van der Waals surface area contributed by atoms with E-state index in [0.717, 1.165) is 96.3 Å². The molecule has 0 aromatic rings. The van der Waals surface area contributed by atoms with E-state index in [1.54, 1.807) is 0 Å². The third-order valence-corrected chi connectivity index (χ3v) is 12.9. The Morgan fingerprint density at radius 1 is 0.282 bits per heavy atom. The van der Waals surface area contributed by atoms with Crippen molar-refractivity contribution in [2.45, 2.75) is 297 Å². The first-order valence-electron chi connectivity index (χ1n) is 30.1. The standard InChI is InChI=1S/C65H112O6/c1-4-7-10-13-16-19-22-25-28-30-32-34-37-40-43-46-49-52-55-58-64(67)70-61-62(60-69-63(66)57-54-51-48-45-42-39-36-27-24-21-18-15-12-9-6-3)71-65(68)59-56-53-50-47-44-41-38-35-33-31-29-26-23-20-17-14-11-8-5-2/h16,18-19,21,25,27-28,32,34,36,40,42-43,45,62H,4-15,17,20,22-24,26,29-31,33,35,37-39,41,44,46-61H2,1-3H3/b19-16-,21-18-,28-25-,34-32-,36-27-,43-40-,45-42-/t62-/m0/s1. The summed E-state index contributed by atoms with van der Waals surface area (Å²) in [6.07, 6.45) is 77.2. The molecule has 0 aliphatic rings. The molecule has 0 radical (unpaired) electrons. The monoisotopic (exact) mass is 989 g/mol. The Labute approximate surface area is 439 Å². The fourth-order valence-corrected chi connectivity index (χ4v) is 8.32. The van der Waals surface area contributed by atoms with Crippen molar-refractivity contribution < 1.29 is 28.6 Å². The van der Waals surface area contributed by atoms with Crippen molar-refractivity contribution in [3.05, 3.63) is 85.1 Å². The summed E-state index contributed by atoms with van der Waals surface area (Å²) in [7, 11) is 0. The SMILES string of the molecule is CCCCC/C=C\C/C=C\C/C=C\C/C=C\CCCCCC(=O)OC[C@H](COC(=O)CCCC/C=C\C/C=C\C/C=C\CCCCC)OC(=O)CCCCCCCCCCCCCCCCCCCCC. The summed E-state index contributed by atoms with van der Waals surface area (Å²) in [5.41, 5.74) is 0. The molecule has 6 nitrogen and oxygen atoms in total. The molecule has 0 N–H and O–H groups in total. The summed E-state index contributed by atoms with van der Waals surface area (Å²) in [5.74, 6) is -0.960. The van der Waals surface area contributed by atoms with Crippen LogP contribution in [0.25, 0.3) is 0 Å². The minimum atomic E-state index is -0.805. The minimum absolute atomic E-state index is 0.103. The van der Waals surface area contributed by atoms with Crippen LogP contribution in [0.15, 0.2) is 85.1 Å². The number of hydrogen-bond acceptors (Lipinski definition) is 6. The number of esters is 3. The number of carbonyl (C=O) groups excluding carboxylic acids is 3. The second kappa shape index (κ2) is 59.2. The lowest BCUT2D eigenvalue weighted by Gasteiger charge is -2.18. The predicted octanol–water partition coefficient (Wildman–Crippen LogP) is 20.3. The zero-order chi connectivity index (χ0) is 51.4. The van der Waals surface area contributed by atoms with E-state index in [2.05, 4.69) is 106 Å². The van der Waals surface area contributed by atoms with Crippen LogP contribution in [0.1, 0.15) is 290 Å². The molecule has 0 saturated heterocycles. The highest BCUT2D eigenvalue weighted by molar-refractivity contribution is 5.71. The zero-order valence-corrected chi connectivity index (χ0v) is 46.7. The number of ether oxygens (including phenoxy) is 3. The van der Waals surface area contributed by atoms with Crippen molar-refractivity contribution in [2.24, 2.45) is 0 Å². The van der Waals surface area contributed by atoms with E-state index < -0.39 is 6.10 Å². The molecule has 0 spiro atoms. The molecule has 71 heavy (non-hydrogen) atoms. The van der Waals surface area contributed by atoms with E-state index >= 15 is 0 Å². The van der Waals surface area contributed by atoms with Crippen molar-refractivity contribution in [3.63, 3.8) is 0 Å². The van der Waals surface area contributed by atoms with E-state index in [1.807, 2.05) is 0 Å². The van der Waals surface area contributed by atoms with Crippen molar-refractivity contribution in [1.29, 1.82) is 0 Å². The second-order valence-corrected chi connectivity index (χ2v) is 19.9. The van der Waals surface area contributed by atoms with Gasteiger partial charge in [0.15, 0.2) is 6.10 Å². The molecule has 0 rings (SSSR count). The van der Waals surface area contributed by atoms with Gasteiger partial charge in [-0.05, 0) is 103 Å². The second-order valence-electron chi connectivity index (χ2n) is 19.9. The Bertz CT molecular complexity index is 1370. The van der Waals surface area contributed by atoms with Gasteiger partial charge in [0, 0.05) is 19.3 Å². The molecule has 6 heteroatoms. The number of carbonyl (C=O) groups is 3. The van der Waals surface area contributed by atoms with E-state index in [9.17, 15) is 14.4 Å². The van der Waals surface area contributed by atoms with Gasteiger partial charge in [-0.2, -0.15) is 0 Å². The van der Waals surface area contributed by atoms with Crippen LogP contribution in [0, 0.1) is 0 Å². The fraction of sp³-hybridized carbons (Fsp3) is 0.738. The van der Waals surface area contributed by atoms with Crippen molar-refractivity contribution >= 4 is 17.9 Å². The first kappa shape index (κ1) is 67.6. The van der Waals surface area contributed by atoms with Crippen LogP contribution in [0.3, 0.4) is 0 Å². The average Bonchev–Trinajstić information content (AvgIpc) is 3.37. The molecule has 0 amide bonds. The van der Waals surface area contributed by atoms with E-state index in [-0.39, 0.29) is 31.1 Å². The van der Waals surface area contributed by atoms with Gasteiger partial charge in [-0.25, -0.2) is 0 Å². The Morgan fingerprint density at radius 3 is 0.845 bits per heavy atom. The van der Waals surface area contributed by atoms with Crippen LogP contribution in [-0.2, 0) is 28.6 Å². The van der Waals surface area contributed by atoms with Gasteiger partial charge in [-0.1, -0.05) is 254 Å². The van der Waals surface area contributed by atoms with Gasteiger partial charge in [-0.3, -0.25) is 14.4 Å².